The normalized spacial score (nSPS) is 17.2. The largest absolute Gasteiger partial charge is 0.454 e. The monoisotopic (exact) mass is 304 g/mol. The molecule has 120 valence electrons. The summed E-state index contributed by atoms with van der Waals surface area (Å²) in [6.45, 7) is 4.40. The maximum atomic E-state index is 12.1. The quantitative estimate of drug-likeness (QED) is 0.876. The molecule has 1 heterocycles. The third kappa shape index (κ3) is 3.71. The molecule has 1 aromatic carbocycles. The van der Waals surface area contributed by atoms with Crippen LogP contribution in [0.3, 0.4) is 0 Å². The molecule has 5 heteroatoms. The van der Waals surface area contributed by atoms with Gasteiger partial charge in [-0.2, -0.15) is 0 Å². The van der Waals surface area contributed by atoms with E-state index in [1.54, 1.807) is 0 Å². The Bertz CT molecular complexity index is 527. The van der Waals surface area contributed by atoms with Gasteiger partial charge >= 0.3 is 0 Å². The molecule has 0 unspecified atom stereocenters. The maximum absolute atomic E-state index is 12.1. The smallest absolute Gasteiger partial charge is 0.234 e. The van der Waals surface area contributed by atoms with Crippen LogP contribution in [-0.4, -0.2) is 36.7 Å². The van der Waals surface area contributed by atoms with E-state index < -0.39 is 0 Å². The molecule has 5 nitrogen and oxygen atoms in total. The van der Waals surface area contributed by atoms with Gasteiger partial charge in [0.15, 0.2) is 11.5 Å². The molecule has 0 aromatic heterocycles. The van der Waals surface area contributed by atoms with Crippen molar-refractivity contribution >= 4 is 5.91 Å². The van der Waals surface area contributed by atoms with Crippen molar-refractivity contribution in [3.8, 4) is 11.5 Å². The first-order valence-corrected chi connectivity index (χ1v) is 8.15. The van der Waals surface area contributed by atoms with Crippen LogP contribution in [0.4, 0.5) is 0 Å². The molecule has 3 rings (SSSR count). The molecular weight excluding hydrogens is 280 g/mol. The Morgan fingerprint density at radius 2 is 2.05 bits per heavy atom. The van der Waals surface area contributed by atoms with Crippen LogP contribution < -0.4 is 14.8 Å². The molecule has 0 spiro atoms. The van der Waals surface area contributed by atoms with E-state index in [2.05, 4.69) is 17.1 Å². The first-order valence-electron chi connectivity index (χ1n) is 8.15. The number of carbonyl (C=O) groups excluding carboxylic acids is 1. The van der Waals surface area contributed by atoms with Crippen molar-refractivity contribution in [2.24, 2.45) is 0 Å². The van der Waals surface area contributed by atoms with Crippen molar-refractivity contribution in [1.82, 2.24) is 10.2 Å². The lowest BCUT2D eigenvalue weighted by atomic mass is 10.2. The van der Waals surface area contributed by atoms with Crippen LogP contribution in [0.25, 0.3) is 0 Å². The van der Waals surface area contributed by atoms with Gasteiger partial charge in [0.25, 0.3) is 0 Å². The molecule has 0 radical (unpaired) electrons. The second kappa shape index (κ2) is 7.01. The van der Waals surface area contributed by atoms with E-state index in [4.69, 9.17) is 9.47 Å². The first-order chi connectivity index (χ1) is 10.7. The fourth-order valence-corrected chi connectivity index (χ4v) is 3.12. The fraction of sp³-hybridized carbons (Fsp3) is 0.588. The molecule has 1 N–H and O–H groups in total. The van der Waals surface area contributed by atoms with E-state index in [1.807, 2.05) is 18.2 Å². The molecule has 1 aliphatic carbocycles. The van der Waals surface area contributed by atoms with Crippen molar-refractivity contribution in [1.29, 1.82) is 0 Å². The average Bonchev–Trinajstić information content (AvgIpc) is 3.17. The first kappa shape index (κ1) is 15.2. The topological polar surface area (TPSA) is 50.8 Å². The standard InChI is InChI=1S/C17H24N2O3/c1-2-19(11-17(20)18-14-5-3-4-6-14)10-13-7-8-15-16(9-13)22-12-21-15/h7-9,14H,2-6,10-12H2,1H3,(H,18,20). The summed E-state index contributed by atoms with van der Waals surface area (Å²) in [6, 6.07) is 6.35. The van der Waals surface area contributed by atoms with Crippen LogP contribution in [0, 0.1) is 0 Å². The lowest BCUT2D eigenvalue weighted by Crippen LogP contribution is -2.40. The van der Waals surface area contributed by atoms with Crippen molar-refractivity contribution < 1.29 is 14.3 Å². The number of benzene rings is 1. The molecule has 1 saturated carbocycles. The highest BCUT2D eigenvalue weighted by Gasteiger charge is 2.19. The number of carbonyl (C=O) groups is 1. The summed E-state index contributed by atoms with van der Waals surface area (Å²) in [5.74, 6) is 1.73. The van der Waals surface area contributed by atoms with Gasteiger partial charge in [-0.15, -0.1) is 0 Å². The highest BCUT2D eigenvalue weighted by molar-refractivity contribution is 5.78. The number of nitrogens with one attached hydrogen (secondary N) is 1. The van der Waals surface area contributed by atoms with Gasteiger partial charge in [-0.05, 0) is 37.1 Å². The number of hydrogen-bond acceptors (Lipinski definition) is 4. The zero-order valence-electron chi connectivity index (χ0n) is 13.1. The Balaban J connectivity index is 1.53. The zero-order chi connectivity index (χ0) is 15.4. The summed E-state index contributed by atoms with van der Waals surface area (Å²) in [5, 5.41) is 3.15. The number of rotatable bonds is 6. The van der Waals surface area contributed by atoms with Gasteiger partial charge in [0.05, 0.1) is 6.54 Å². The third-order valence-electron chi connectivity index (χ3n) is 4.38. The van der Waals surface area contributed by atoms with E-state index in [9.17, 15) is 4.79 Å². The third-order valence-corrected chi connectivity index (χ3v) is 4.38. The number of ether oxygens (including phenoxy) is 2. The summed E-state index contributed by atoms with van der Waals surface area (Å²) in [6.07, 6.45) is 4.72. The molecule has 1 aromatic rings. The van der Waals surface area contributed by atoms with Crippen molar-refractivity contribution in [3.63, 3.8) is 0 Å². The molecule has 1 fully saturated rings. The second-order valence-corrected chi connectivity index (χ2v) is 6.04. The molecule has 1 amide bonds. The minimum absolute atomic E-state index is 0.134. The Kier molecular flexibility index (Phi) is 4.83. The van der Waals surface area contributed by atoms with E-state index >= 15 is 0 Å². The number of amides is 1. The SMILES string of the molecule is CCN(CC(=O)NC1CCCC1)Cc1ccc2c(c1)OCO2. The number of fused-ring (bicyclic) bond motifs is 1. The Hall–Kier alpha value is -1.75. The minimum atomic E-state index is 0.134. The van der Waals surface area contributed by atoms with Crippen LogP contribution in [0.2, 0.25) is 0 Å². The van der Waals surface area contributed by atoms with Gasteiger partial charge in [0.2, 0.25) is 12.7 Å². The van der Waals surface area contributed by atoms with Gasteiger partial charge < -0.3 is 14.8 Å². The van der Waals surface area contributed by atoms with Crippen molar-refractivity contribution in [2.45, 2.75) is 45.2 Å². The zero-order valence-corrected chi connectivity index (χ0v) is 13.1. The lowest BCUT2D eigenvalue weighted by molar-refractivity contribution is -0.123. The van der Waals surface area contributed by atoms with E-state index in [0.29, 0.717) is 19.4 Å². The van der Waals surface area contributed by atoms with Gasteiger partial charge in [-0.1, -0.05) is 25.8 Å². The Morgan fingerprint density at radius 3 is 2.82 bits per heavy atom. The maximum Gasteiger partial charge on any atom is 0.234 e. The summed E-state index contributed by atoms with van der Waals surface area (Å²) in [5.41, 5.74) is 1.14. The summed E-state index contributed by atoms with van der Waals surface area (Å²) < 4.78 is 10.7. The van der Waals surface area contributed by atoms with Crippen LogP contribution in [0.1, 0.15) is 38.2 Å². The van der Waals surface area contributed by atoms with Gasteiger partial charge in [-0.25, -0.2) is 0 Å². The van der Waals surface area contributed by atoms with Crippen molar-refractivity contribution in [3.05, 3.63) is 23.8 Å². The van der Waals surface area contributed by atoms with Crippen LogP contribution in [0.15, 0.2) is 18.2 Å². The highest BCUT2D eigenvalue weighted by Crippen LogP contribution is 2.32. The Labute approximate surface area is 131 Å². The van der Waals surface area contributed by atoms with Crippen LogP contribution in [-0.2, 0) is 11.3 Å². The number of nitrogens with zero attached hydrogens (tertiary/aromatic N) is 1. The van der Waals surface area contributed by atoms with E-state index in [1.165, 1.54) is 12.8 Å². The molecule has 0 bridgehead atoms. The van der Waals surface area contributed by atoms with Gasteiger partial charge in [0.1, 0.15) is 0 Å². The minimum Gasteiger partial charge on any atom is -0.454 e. The number of likely N-dealkylation sites (N-methyl/N-ethyl adjacent to an activating group) is 1. The molecule has 2 aliphatic rings. The summed E-state index contributed by atoms with van der Waals surface area (Å²) >= 11 is 0. The van der Waals surface area contributed by atoms with Gasteiger partial charge in [-0.3, -0.25) is 9.69 Å². The predicted octanol–water partition coefficient (Wildman–Crippen LogP) is 2.30. The summed E-state index contributed by atoms with van der Waals surface area (Å²) in [7, 11) is 0. The molecular formula is C17H24N2O3. The van der Waals surface area contributed by atoms with Crippen LogP contribution in [0.5, 0.6) is 11.5 Å². The van der Waals surface area contributed by atoms with E-state index in [-0.39, 0.29) is 5.91 Å². The number of hydrogen-bond donors (Lipinski definition) is 1. The predicted molar refractivity (Wildman–Crippen MR) is 83.9 cm³/mol. The molecule has 0 atom stereocenters. The van der Waals surface area contributed by atoms with E-state index in [0.717, 1.165) is 43.0 Å². The van der Waals surface area contributed by atoms with Crippen LogP contribution >= 0.6 is 0 Å². The summed E-state index contributed by atoms with van der Waals surface area (Å²) in [4.78, 5) is 14.3. The second-order valence-electron chi connectivity index (χ2n) is 6.04. The Morgan fingerprint density at radius 1 is 1.27 bits per heavy atom. The molecule has 1 aliphatic heterocycles. The fourth-order valence-electron chi connectivity index (χ4n) is 3.12. The van der Waals surface area contributed by atoms with Crippen molar-refractivity contribution in [2.75, 3.05) is 19.9 Å². The average molecular weight is 304 g/mol. The van der Waals surface area contributed by atoms with Gasteiger partial charge in [0, 0.05) is 12.6 Å². The lowest BCUT2D eigenvalue weighted by Gasteiger charge is -2.21. The highest BCUT2D eigenvalue weighted by atomic mass is 16.7. The molecule has 22 heavy (non-hydrogen) atoms. The molecule has 0 saturated heterocycles.